The molecule has 2 N–H and O–H groups in total. The van der Waals surface area contributed by atoms with Crippen molar-refractivity contribution in [3.05, 3.63) is 65.2 Å². The highest BCUT2D eigenvalue weighted by molar-refractivity contribution is 6.58. The first kappa shape index (κ1) is 19.7. The molecule has 3 rings (SSSR count). The van der Waals surface area contributed by atoms with E-state index in [4.69, 9.17) is 19.3 Å². The fourth-order valence-electron chi connectivity index (χ4n) is 2.74. The van der Waals surface area contributed by atoms with E-state index in [1.807, 2.05) is 0 Å². The number of halogens is 1. The molecule has 0 fully saturated rings. The van der Waals surface area contributed by atoms with E-state index in [0.29, 0.717) is 17.0 Å². The van der Waals surface area contributed by atoms with Crippen molar-refractivity contribution < 1.29 is 28.5 Å². The molecule has 0 radical (unpaired) electrons. The fraction of sp³-hybridized carbons (Fsp3) is 0.211. The summed E-state index contributed by atoms with van der Waals surface area (Å²) in [5.41, 5.74) is 1.89. The van der Waals surface area contributed by atoms with Crippen LogP contribution in [0.3, 0.4) is 0 Å². The van der Waals surface area contributed by atoms with Gasteiger partial charge in [0.1, 0.15) is 17.6 Å². The van der Waals surface area contributed by atoms with Crippen LogP contribution in [0.2, 0.25) is 0 Å². The summed E-state index contributed by atoms with van der Waals surface area (Å²) in [6, 6.07) is 9.11. The molecule has 2 heterocycles. The summed E-state index contributed by atoms with van der Waals surface area (Å²) in [5.74, 6) is -0.724. The first-order chi connectivity index (χ1) is 13.4. The number of carbonyl (C=O) groups is 1. The van der Waals surface area contributed by atoms with Gasteiger partial charge in [0.15, 0.2) is 5.76 Å². The number of benzene rings is 1. The standard InChI is InChI=1S/C19H18BFN2O5/c1-11-15(9-18(24)27-12(2)14-5-3-4-6-16(14)21)19(28-23-11)17-8-7-13(10-22-17)20(25)26/h3-8,10,12,25-26H,9H2,1-2H3/t12-/m1/s1. The van der Waals surface area contributed by atoms with E-state index in [2.05, 4.69) is 10.1 Å². The van der Waals surface area contributed by atoms with Crippen LogP contribution in [0.4, 0.5) is 4.39 Å². The maximum Gasteiger partial charge on any atom is 0.490 e. The predicted molar refractivity (Wildman–Crippen MR) is 98.9 cm³/mol. The van der Waals surface area contributed by atoms with Gasteiger partial charge in [0.25, 0.3) is 0 Å². The Balaban J connectivity index is 1.76. The van der Waals surface area contributed by atoms with Crippen LogP contribution in [-0.4, -0.2) is 33.3 Å². The van der Waals surface area contributed by atoms with Gasteiger partial charge < -0.3 is 19.3 Å². The Kier molecular flexibility index (Phi) is 5.86. The van der Waals surface area contributed by atoms with Crippen LogP contribution >= 0.6 is 0 Å². The average Bonchev–Trinajstić information content (AvgIpc) is 3.02. The molecular weight excluding hydrogens is 366 g/mol. The molecule has 9 heteroatoms. The van der Waals surface area contributed by atoms with Gasteiger partial charge in [-0.2, -0.15) is 0 Å². The van der Waals surface area contributed by atoms with Crippen LogP contribution in [0.5, 0.6) is 0 Å². The lowest BCUT2D eigenvalue weighted by Gasteiger charge is -2.14. The zero-order valence-electron chi connectivity index (χ0n) is 15.3. The van der Waals surface area contributed by atoms with Gasteiger partial charge in [0, 0.05) is 22.8 Å². The van der Waals surface area contributed by atoms with Crippen molar-refractivity contribution >= 4 is 18.6 Å². The zero-order chi connectivity index (χ0) is 20.3. The van der Waals surface area contributed by atoms with E-state index in [1.54, 1.807) is 32.0 Å². The highest BCUT2D eigenvalue weighted by atomic mass is 19.1. The molecule has 3 aromatic rings. The molecule has 0 unspecified atom stereocenters. The molecule has 0 aliphatic rings. The Morgan fingerprint density at radius 3 is 2.68 bits per heavy atom. The number of aromatic nitrogens is 2. The SMILES string of the molecule is Cc1noc(-c2ccc(B(O)O)cn2)c1CC(=O)O[C@H](C)c1ccccc1F. The molecule has 28 heavy (non-hydrogen) atoms. The number of hydrogen-bond donors (Lipinski definition) is 2. The van der Waals surface area contributed by atoms with Gasteiger partial charge in [-0.15, -0.1) is 0 Å². The van der Waals surface area contributed by atoms with E-state index in [1.165, 1.54) is 24.4 Å². The summed E-state index contributed by atoms with van der Waals surface area (Å²) < 4.78 is 24.5. The van der Waals surface area contributed by atoms with Crippen LogP contribution in [-0.2, 0) is 16.0 Å². The predicted octanol–water partition coefficient (Wildman–Crippen LogP) is 1.71. The fourth-order valence-corrected chi connectivity index (χ4v) is 2.74. The van der Waals surface area contributed by atoms with Gasteiger partial charge in [0.2, 0.25) is 0 Å². The van der Waals surface area contributed by atoms with Crippen molar-refractivity contribution in [2.24, 2.45) is 0 Å². The molecule has 1 aromatic carbocycles. The number of nitrogens with zero attached hydrogens (tertiary/aromatic N) is 2. The van der Waals surface area contributed by atoms with Gasteiger partial charge in [-0.3, -0.25) is 9.78 Å². The third-order valence-electron chi connectivity index (χ3n) is 4.27. The third-order valence-corrected chi connectivity index (χ3v) is 4.27. The van der Waals surface area contributed by atoms with Crippen molar-refractivity contribution in [1.82, 2.24) is 10.1 Å². The second-order valence-corrected chi connectivity index (χ2v) is 6.26. The summed E-state index contributed by atoms with van der Waals surface area (Å²) in [7, 11) is -1.63. The first-order valence-corrected chi connectivity index (χ1v) is 8.58. The Morgan fingerprint density at radius 2 is 2.04 bits per heavy atom. The number of esters is 1. The van der Waals surface area contributed by atoms with E-state index in [0.717, 1.165) is 0 Å². The molecule has 0 aliphatic heterocycles. The van der Waals surface area contributed by atoms with E-state index in [9.17, 15) is 9.18 Å². The van der Waals surface area contributed by atoms with E-state index in [-0.39, 0.29) is 23.2 Å². The van der Waals surface area contributed by atoms with E-state index < -0.39 is 25.0 Å². The van der Waals surface area contributed by atoms with Gasteiger partial charge in [-0.1, -0.05) is 29.4 Å². The van der Waals surface area contributed by atoms with Crippen LogP contribution in [0.25, 0.3) is 11.5 Å². The maximum atomic E-state index is 13.8. The Hall–Kier alpha value is -3.04. The average molecular weight is 384 g/mol. The van der Waals surface area contributed by atoms with Crippen molar-refractivity contribution in [2.75, 3.05) is 0 Å². The number of ether oxygens (including phenoxy) is 1. The lowest BCUT2D eigenvalue weighted by Crippen LogP contribution is -2.29. The highest BCUT2D eigenvalue weighted by Gasteiger charge is 2.22. The number of hydrogen-bond acceptors (Lipinski definition) is 7. The monoisotopic (exact) mass is 384 g/mol. The molecule has 0 spiro atoms. The molecule has 0 saturated heterocycles. The largest absolute Gasteiger partial charge is 0.490 e. The summed E-state index contributed by atoms with van der Waals surface area (Å²) in [4.78, 5) is 16.5. The second kappa shape index (κ2) is 8.32. The zero-order valence-corrected chi connectivity index (χ0v) is 15.3. The summed E-state index contributed by atoms with van der Waals surface area (Å²) in [5, 5.41) is 22.2. The van der Waals surface area contributed by atoms with Crippen molar-refractivity contribution in [1.29, 1.82) is 0 Å². The van der Waals surface area contributed by atoms with Crippen LogP contribution in [0.15, 0.2) is 47.1 Å². The Bertz CT molecular complexity index is 975. The molecule has 0 amide bonds. The molecule has 144 valence electrons. The van der Waals surface area contributed by atoms with Crippen LogP contribution < -0.4 is 5.46 Å². The maximum absolute atomic E-state index is 13.8. The molecule has 0 bridgehead atoms. The van der Waals surface area contributed by atoms with Crippen LogP contribution in [0.1, 0.15) is 29.8 Å². The van der Waals surface area contributed by atoms with E-state index >= 15 is 0 Å². The molecule has 2 aromatic heterocycles. The minimum atomic E-state index is -1.63. The molecule has 7 nitrogen and oxygen atoms in total. The van der Waals surface area contributed by atoms with Crippen molar-refractivity contribution in [2.45, 2.75) is 26.4 Å². The number of pyridine rings is 1. The Morgan fingerprint density at radius 1 is 1.29 bits per heavy atom. The number of rotatable bonds is 6. The second-order valence-electron chi connectivity index (χ2n) is 6.26. The normalized spacial score (nSPS) is 11.9. The molecule has 0 saturated carbocycles. The van der Waals surface area contributed by atoms with Gasteiger partial charge >= 0.3 is 13.1 Å². The number of aryl methyl sites for hydroxylation is 1. The van der Waals surface area contributed by atoms with Crippen LogP contribution in [0, 0.1) is 12.7 Å². The number of carbonyl (C=O) groups excluding carboxylic acids is 1. The molecule has 1 atom stereocenters. The smallest absolute Gasteiger partial charge is 0.457 e. The highest BCUT2D eigenvalue weighted by Crippen LogP contribution is 2.26. The van der Waals surface area contributed by atoms with Gasteiger partial charge in [-0.05, 0) is 26.0 Å². The molecular formula is C19H18BFN2O5. The quantitative estimate of drug-likeness (QED) is 0.492. The lowest BCUT2D eigenvalue weighted by atomic mass is 9.81. The van der Waals surface area contributed by atoms with Gasteiger partial charge in [-0.25, -0.2) is 4.39 Å². The van der Waals surface area contributed by atoms with Crippen molar-refractivity contribution in [3.63, 3.8) is 0 Å². The Labute approximate surface area is 160 Å². The summed E-state index contributed by atoms with van der Waals surface area (Å²) in [6.07, 6.45) is 0.413. The summed E-state index contributed by atoms with van der Waals surface area (Å²) in [6.45, 7) is 3.28. The molecule has 0 aliphatic carbocycles. The van der Waals surface area contributed by atoms with Crippen molar-refractivity contribution in [3.8, 4) is 11.5 Å². The topological polar surface area (TPSA) is 106 Å². The lowest BCUT2D eigenvalue weighted by molar-refractivity contribution is -0.147. The third kappa shape index (κ3) is 4.27. The van der Waals surface area contributed by atoms with Gasteiger partial charge in [0.05, 0.1) is 12.1 Å². The summed E-state index contributed by atoms with van der Waals surface area (Å²) >= 11 is 0. The minimum absolute atomic E-state index is 0.129. The first-order valence-electron chi connectivity index (χ1n) is 8.58. The minimum Gasteiger partial charge on any atom is -0.457 e.